The fraction of sp³-hybridized carbons (Fsp3) is 1.00. The van der Waals surface area contributed by atoms with Crippen LogP contribution in [0.1, 0.15) is 34.1 Å². The maximum atomic E-state index is 14.1. The van der Waals surface area contributed by atoms with Crippen LogP contribution in [0.2, 0.25) is 17.1 Å². The predicted octanol–water partition coefficient (Wildman–Crippen LogP) is 9.55. The molecule has 0 saturated heterocycles. The molecular weight excluding hydrogens is 623 g/mol. The Labute approximate surface area is 196 Å². The molecule has 0 unspecified atom stereocenters. The number of hydrogen-bond donors (Lipinski definition) is 0. The minimum absolute atomic E-state index is 0.568. The van der Waals surface area contributed by atoms with E-state index in [1.807, 2.05) is 0 Å². The van der Waals surface area contributed by atoms with Crippen LogP contribution in [0, 0.1) is 0 Å². The lowest BCUT2D eigenvalue weighted by Crippen LogP contribution is -2.74. The first-order valence-corrected chi connectivity index (χ1v) is 13.9. The quantitative estimate of drug-likeness (QED) is 0.120. The van der Waals surface area contributed by atoms with Crippen molar-refractivity contribution in [2.45, 2.75) is 98.9 Å². The highest BCUT2D eigenvalue weighted by Crippen LogP contribution is 2.64. The van der Waals surface area contributed by atoms with E-state index in [2.05, 4.69) is 15.3 Å². The molecule has 0 saturated carbocycles. The van der Waals surface area contributed by atoms with Gasteiger partial charge in [0.2, 0.25) is 0 Å². The molecule has 0 N–H and O–H groups in total. The first-order chi connectivity index (χ1) is 14.8. The normalized spacial score (nSPS) is 16.5. The molecule has 0 aliphatic heterocycles. The smallest absolute Gasteiger partial charge is 0.200 e. The van der Waals surface area contributed by atoms with Crippen molar-refractivity contribution in [1.29, 1.82) is 0 Å². The van der Waals surface area contributed by atoms with Crippen molar-refractivity contribution in [3.05, 3.63) is 0 Å². The Kier molecular flexibility index (Phi) is 9.23. The summed E-state index contributed by atoms with van der Waals surface area (Å²) in [6, 6.07) is -1.06. The van der Waals surface area contributed by atoms with Gasteiger partial charge in [0.05, 0.1) is 0 Å². The number of rotatable bonds is 11. The van der Waals surface area contributed by atoms with Gasteiger partial charge in [-0.25, -0.2) is 0 Å². The third kappa shape index (κ3) is 5.01. The van der Waals surface area contributed by atoms with E-state index in [1.54, 1.807) is 0 Å². The van der Waals surface area contributed by atoms with Crippen LogP contribution in [0.25, 0.3) is 0 Å². The zero-order valence-corrected chi connectivity index (χ0v) is 20.5. The summed E-state index contributed by atoms with van der Waals surface area (Å²) in [5, 5.41) is 0. The molecule has 0 nitrogen and oxygen atoms in total. The van der Waals surface area contributed by atoms with E-state index in [-0.39, 0.29) is 0 Å². The van der Waals surface area contributed by atoms with Gasteiger partial charge < -0.3 is 0 Å². The minimum atomic E-state index is -8.59. The first kappa shape index (κ1) is 34.5. The van der Waals surface area contributed by atoms with Crippen molar-refractivity contribution in [1.82, 2.24) is 0 Å². The molecule has 0 aliphatic rings. The van der Waals surface area contributed by atoms with Crippen molar-refractivity contribution in [2.24, 2.45) is 0 Å². The molecule has 0 rings (SSSR count). The molecule has 0 aliphatic carbocycles. The first-order valence-electron chi connectivity index (χ1n) is 9.25. The zero-order valence-electron chi connectivity index (χ0n) is 17.9. The summed E-state index contributed by atoms with van der Waals surface area (Å²) in [5.74, 6) is -55.9. The second kappa shape index (κ2) is 9.36. The number of alkyl halides is 17. The SMILES string of the molecule is CC(C)[Si](Br)(CCC(F)(F)C(F)(F)C(F)(F)C(F)(F)C(F)(F)C(F)(F)C(F)(F)C(F)(F)F)C(C)C. The Bertz CT molecular complexity index is 733. The van der Waals surface area contributed by atoms with Crippen LogP contribution < -0.4 is 0 Å². The van der Waals surface area contributed by atoms with Gasteiger partial charge in [-0.2, -0.15) is 74.6 Å². The van der Waals surface area contributed by atoms with Crippen LogP contribution in [-0.4, -0.2) is 54.3 Å². The van der Waals surface area contributed by atoms with E-state index in [4.69, 9.17) is 0 Å². The molecule has 0 aromatic rings. The lowest BCUT2D eigenvalue weighted by molar-refractivity contribution is -0.461. The molecule has 19 heteroatoms. The van der Waals surface area contributed by atoms with Crippen molar-refractivity contribution in [2.75, 3.05) is 0 Å². The van der Waals surface area contributed by atoms with Crippen LogP contribution >= 0.6 is 15.3 Å². The minimum Gasteiger partial charge on any atom is -0.200 e. The zero-order chi connectivity index (χ0) is 29.1. The predicted molar refractivity (Wildman–Crippen MR) is 95.0 cm³/mol. The van der Waals surface area contributed by atoms with Crippen LogP contribution in [0.5, 0.6) is 0 Å². The van der Waals surface area contributed by atoms with Gasteiger partial charge in [0.1, 0.15) is 6.69 Å². The lowest BCUT2D eigenvalue weighted by atomic mass is 9.88. The summed E-state index contributed by atoms with van der Waals surface area (Å²) < 4.78 is 226. The Morgan fingerprint density at radius 3 is 1.00 bits per heavy atom. The molecule has 0 radical (unpaired) electrons. The molecule has 35 heavy (non-hydrogen) atoms. The van der Waals surface area contributed by atoms with E-state index >= 15 is 0 Å². The van der Waals surface area contributed by atoms with Gasteiger partial charge in [-0.15, -0.1) is 15.3 Å². The van der Waals surface area contributed by atoms with E-state index in [0.717, 1.165) is 0 Å². The summed E-state index contributed by atoms with van der Waals surface area (Å²) in [6.07, 6.45) is -10.1. The van der Waals surface area contributed by atoms with Gasteiger partial charge in [0.15, 0.2) is 0 Å². The summed E-state index contributed by atoms with van der Waals surface area (Å²) >= 11 is 3.04. The Balaban J connectivity index is 6.59. The highest BCUT2D eigenvalue weighted by atomic mass is 79.9. The fourth-order valence-corrected chi connectivity index (χ4v) is 6.73. The largest absolute Gasteiger partial charge is 0.460 e. The van der Waals surface area contributed by atoms with Crippen molar-refractivity contribution in [3.8, 4) is 0 Å². The second-order valence-corrected chi connectivity index (χ2v) is 17.5. The molecule has 0 spiro atoms. The van der Waals surface area contributed by atoms with E-state index in [9.17, 15) is 74.6 Å². The average Bonchev–Trinajstić information content (AvgIpc) is 2.63. The lowest BCUT2D eigenvalue weighted by Gasteiger charge is -2.43. The topological polar surface area (TPSA) is 0 Å². The Morgan fingerprint density at radius 2 is 0.743 bits per heavy atom. The third-order valence-corrected chi connectivity index (χ3v) is 17.1. The number of hydrogen-bond acceptors (Lipinski definition) is 0. The average molecular weight is 641 g/mol. The Morgan fingerprint density at radius 1 is 0.486 bits per heavy atom. The highest BCUT2D eigenvalue weighted by molar-refractivity contribution is 9.26. The number of halogens is 18. The van der Waals surface area contributed by atoms with Crippen LogP contribution in [0.15, 0.2) is 0 Å². The maximum Gasteiger partial charge on any atom is 0.460 e. The molecule has 0 heterocycles. The maximum absolute atomic E-state index is 14.1. The summed E-state index contributed by atoms with van der Waals surface area (Å²) in [7, 11) is 0. The van der Waals surface area contributed by atoms with Crippen molar-refractivity contribution < 1.29 is 74.6 Å². The summed E-state index contributed by atoms with van der Waals surface area (Å²) in [5.41, 5.74) is -1.14. The van der Waals surface area contributed by atoms with Gasteiger partial charge >= 0.3 is 47.6 Å². The molecule has 0 fully saturated rings. The molecular formula is C16H18BrF17Si. The third-order valence-electron chi connectivity index (χ3n) is 5.53. The molecule has 0 aromatic carbocycles. The van der Waals surface area contributed by atoms with Gasteiger partial charge in [-0.3, -0.25) is 0 Å². The fourth-order valence-electron chi connectivity index (χ4n) is 2.95. The van der Waals surface area contributed by atoms with Gasteiger partial charge in [0, 0.05) is 6.42 Å². The molecule has 0 bridgehead atoms. The van der Waals surface area contributed by atoms with Crippen LogP contribution in [0.3, 0.4) is 0 Å². The summed E-state index contributed by atoms with van der Waals surface area (Å²) in [4.78, 5) is 0. The van der Waals surface area contributed by atoms with Crippen molar-refractivity contribution >= 4 is 22.0 Å². The van der Waals surface area contributed by atoms with Gasteiger partial charge in [-0.05, 0) is 17.1 Å². The highest BCUT2D eigenvalue weighted by Gasteiger charge is 2.95. The molecule has 0 aromatic heterocycles. The second-order valence-electron chi connectivity index (χ2n) is 8.38. The van der Waals surface area contributed by atoms with E-state index in [0.29, 0.717) is 0 Å². The molecule has 0 amide bonds. The standard InChI is InChI=1S/C16H18BrF17Si/c1-7(2)35(17,8(3)4)6-5-9(18,19)10(20,21)11(22,23)12(24,25)13(26,27)14(28,29)15(30,31)16(32,33)34/h7-8H,5-6H2,1-4H3. The molecule has 212 valence electrons. The van der Waals surface area contributed by atoms with Crippen LogP contribution in [0.4, 0.5) is 74.6 Å². The van der Waals surface area contributed by atoms with Crippen LogP contribution in [-0.2, 0) is 0 Å². The van der Waals surface area contributed by atoms with Gasteiger partial charge in [0.25, 0.3) is 0 Å². The Hall–Kier alpha value is -0.493. The summed E-state index contributed by atoms with van der Waals surface area (Å²) in [6.45, 7) is 2.33. The van der Waals surface area contributed by atoms with E-state index in [1.165, 1.54) is 27.7 Å². The monoisotopic (exact) mass is 640 g/mol. The van der Waals surface area contributed by atoms with Crippen molar-refractivity contribution in [3.63, 3.8) is 0 Å². The van der Waals surface area contributed by atoms with E-state index < -0.39 is 77.9 Å². The molecule has 0 atom stereocenters. The van der Waals surface area contributed by atoms with Gasteiger partial charge in [-0.1, -0.05) is 27.7 Å².